The van der Waals surface area contributed by atoms with E-state index >= 15 is 0 Å². The Balaban J connectivity index is 1.07. The highest BCUT2D eigenvalue weighted by Crippen LogP contribution is 2.44. The second-order valence-corrected chi connectivity index (χ2v) is 11.2. The average molecular weight is 423 g/mol. The van der Waals surface area contributed by atoms with Crippen LogP contribution in [-0.2, 0) is 0 Å². The van der Waals surface area contributed by atoms with Crippen LogP contribution in [0.3, 0.4) is 0 Å². The van der Waals surface area contributed by atoms with Crippen molar-refractivity contribution in [3.8, 4) is 11.5 Å². The van der Waals surface area contributed by atoms with Gasteiger partial charge in [-0.1, -0.05) is 31.8 Å². The van der Waals surface area contributed by atoms with Gasteiger partial charge in [0.1, 0.15) is 18.1 Å². The molecular weight excluding hydrogens is 380 g/mol. The number of hydrogen-bond donors (Lipinski definition) is 0. The van der Waals surface area contributed by atoms with Crippen molar-refractivity contribution in [2.75, 3.05) is 13.2 Å². The van der Waals surface area contributed by atoms with E-state index in [0.29, 0.717) is 0 Å². The van der Waals surface area contributed by atoms with Gasteiger partial charge in [-0.05, 0) is 124 Å². The normalized spacial score (nSPS) is 28.8. The van der Waals surface area contributed by atoms with Gasteiger partial charge < -0.3 is 9.47 Å². The molecule has 2 nitrogen and oxygen atoms in total. The lowest BCUT2D eigenvalue weighted by molar-refractivity contribution is 0.182. The Bertz CT molecular complexity index is 778. The second-order valence-electron chi connectivity index (χ2n) is 11.2. The molecule has 2 heteroatoms. The summed E-state index contributed by atoms with van der Waals surface area (Å²) in [5.41, 5.74) is 3.96. The lowest BCUT2D eigenvalue weighted by atomic mass is 9.70. The van der Waals surface area contributed by atoms with Gasteiger partial charge in [-0.3, -0.25) is 0 Å². The van der Waals surface area contributed by atoms with E-state index in [1.807, 2.05) is 0 Å². The summed E-state index contributed by atoms with van der Waals surface area (Å²) in [6, 6.07) is 4.21. The molecule has 5 rings (SSSR count). The summed E-state index contributed by atoms with van der Waals surface area (Å²) in [7, 11) is 0. The molecule has 170 valence electrons. The fraction of sp³-hybridized carbons (Fsp3) is 0.724. The Hall–Kier alpha value is -1.44. The van der Waals surface area contributed by atoms with E-state index in [9.17, 15) is 0 Å². The number of ether oxygens (including phenoxy) is 2. The smallest absolute Gasteiger partial charge is 0.123 e. The van der Waals surface area contributed by atoms with Crippen molar-refractivity contribution in [1.29, 1.82) is 0 Å². The lowest BCUT2D eigenvalue weighted by Gasteiger charge is -2.35. The van der Waals surface area contributed by atoms with E-state index < -0.39 is 0 Å². The molecule has 0 aromatic heterocycles. The molecule has 0 heterocycles. The summed E-state index contributed by atoms with van der Waals surface area (Å²) < 4.78 is 12.3. The maximum atomic E-state index is 6.26. The van der Waals surface area contributed by atoms with Gasteiger partial charge in [-0.25, -0.2) is 0 Å². The molecule has 1 aromatic carbocycles. The average Bonchev–Trinajstić information content (AvgIpc) is 3.71. The first kappa shape index (κ1) is 21.4. The Morgan fingerprint density at radius 2 is 1.32 bits per heavy atom. The van der Waals surface area contributed by atoms with Gasteiger partial charge in [0, 0.05) is 0 Å². The zero-order valence-corrected chi connectivity index (χ0v) is 19.8. The van der Waals surface area contributed by atoms with Crippen LogP contribution in [0, 0.1) is 43.4 Å². The highest BCUT2D eigenvalue weighted by Gasteiger charge is 2.32. The molecule has 1 aromatic rings. The minimum Gasteiger partial charge on any atom is -0.493 e. The highest BCUT2D eigenvalue weighted by atomic mass is 16.5. The van der Waals surface area contributed by atoms with Crippen LogP contribution in [0.2, 0.25) is 0 Å². The molecule has 3 fully saturated rings. The zero-order valence-electron chi connectivity index (χ0n) is 19.8. The van der Waals surface area contributed by atoms with Gasteiger partial charge in [-0.2, -0.15) is 0 Å². The molecule has 0 N–H and O–H groups in total. The molecular formula is C29H42O2. The molecule has 4 aliphatic rings. The van der Waals surface area contributed by atoms with Crippen LogP contribution in [0.15, 0.2) is 23.8 Å². The topological polar surface area (TPSA) is 18.5 Å². The van der Waals surface area contributed by atoms with Crippen LogP contribution in [0.4, 0.5) is 0 Å². The van der Waals surface area contributed by atoms with E-state index in [1.165, 1.54) is 87.3 Å². The zero-order chi connectivity index (χ0) is 21.2. The monoisotopic (exact) mass is 422 g/mol. The maximum Gasteiger partial charge on any atom is 0.123 e. The summed E-state index contributed by atoms with van der Waals surface area (Å²) in [5.74, 6) is 6.93. The Labute approximate surface area is 189 Å². The van der Waals surface area contributed by atoms with Gasteiger partial charge in [-0.15, -0.1) is 0 Å². The van der Waals surface area contributed by atoms with Gasteiger partial charge in [0.05, 0.1) is 6.61 Å². The molecule has 0 amide bonds. The molecule has 0 radical (unpaired) electrons. The van der Waals surface area contributed by atoms with Crippen LogP contribution in [0.5, 0.6) is 11.5 Å². The first-order valence-corrected chi connectivity index (χ1v) is 13.2. The van der Waals surface area contributed by atoms with Crippen molar-refractivity contribution in [1.82, 2.24) is 0 Å². The van der Waals surface area contributed by atoms with Crippen molar-refractivity contribution in [2.45, 2.75) is 90.9 Å². The number of allylic oxidation sites excluding steroid dienone is 1. The minimum absolute atomic E-state index is 0.753. The van der Waals surface area contributed by atoms with Crippen LogP contribution in [0.1, 0.15) is 88.2 Å². The van der Waals surface area contributed by atoms with Crippen LogP contribution < -0.4 is 9.47 Å². The van der Waals surface area contributed by atoms with Gasteiger partial charge >= 0.3 is 0 Å². The molecule has 0 saturated heterocycles. The highest BCUT2D eigenvalue weighted by molar-refractivity contribution is 5.47. The van der Waals surface area contributed by atoms with E-state index in [2.05, 4.69) is 32.1 Å². The third kappa shape index (κ3) is 5.68. The Morgan fingerprint density at radius 3 is 1.90 bits per heavy atom. The minimum atomic E-state index is 0.753. The summed E-state index contributed by atoms with van der Waals surface area (Å²) in [4.78, 5) is 0. The SMILES string of the molecule is Cc1c(OCC2=CCC(C3CCC(CC4CC4)CC3)CC2)ccc(OCC2CC2)c1C. The van der Waals surface area contributed by atoms with Crippen LogP contribution in [0.25, 0.3) is 0 Å². The molecule has 3 saturated carbocycles. The fourth-order valence-electron chi connectivity index (χ4n) is 5.93. The number of hydrogen-bond acceptors (Lipinski definition) is 2. The summed E-state index contributed by atoms with van der Waals surface area (Å²) in [6.45, 7) is 5.95. The van der Waals surface area contributed by atoms with E-state index in [4.69, 9.17) is 9.47 Å². The van der Waals surface area contributed by atoms with Gasteiger partial charge in [0.25, 0.3) is 0 Å². The maximum absolute atomic E-state index is 6.26. The molecule has 4 aliphatic carbocycles. The van der Waals surface area contributed by atoms with Gasteiger partial charge in [0.2, 0.25) is 0 Å². The molecule has 31 heavy (non-hydrogen) atoms. The molecule has 1 unspecified atom stereocenters. The quantitative estimate of drug-likeness (QED) is 0.378. The van der Waals surface area contributed by atoms with Crippen molar-refractivity contribution in [2.24, 2.45) is 29.6 Å². The number of rotatable bonds is 9. The van der Waals surface area contributed by atoms with E-state index in [0.717, 1.165) is 54.3 Å². The Morgan fingerprint density at radius 1 is 0.710 bits per heavy atom. The van der Waals surface area contributed by atoms with Crippen LogP contribution >= 0.6 is 0 Å². The van der Waals surface area contributed by atoms with Gasteiger partial charge in [0.15, 0.2) is 0 Å². The summed E-state index contributed by atoms with van der Waals surface area (Å²) in [6.07, 6.45) is 19.7. The molecule has 1 atom stereocenters. The predicted octanol–water partition coefficient (Wildman–Crippen LogP) is 7.80. The molecule has 0 spiro atoms. The van der Waals surface area contributed by atoms with E-state index in [1.54, 1.807) is 6.42 Å². The number of benzene rings is 1. The van der Waals surface area contributed by atoms with Crippen molar-refractivity contribution >= 4 is 0 Å². The third-order valence-electron chi connectivity index (χ3n) is 8.74. The predicted molar refractivity (Wildman–Crippen MR) is 128 cm³/mol. The fourth-order valence-corrected chi connectivity index (χ4v) is 5.93. The first-order chi connectivity index (χ1) is 15.2. The standard InChI is InChI=1S/C29H42O2/c1-20-21(2)29(16-15-28(20)30-18-24-5-6-24)31-19-25-9-13-27(14-10-25)26-11-7-23(8-12-26)17-22-3-4-22/h9,15-16,22-24,26-27H,3-8,10-14,17-19H2,1-2H3. The second kappa shape index (κ2) is 9.59. The first-order valence-electron chi connectivity index (χ1n) is 13.2. The molecule has 0 aliphatic heterocycles. The van der Waals surface area contributed by atoms with Crippen molar-refractivity contribution in [3.63, 3.8) is 0 Å². The third-order valence-corrected chi connectivity index (χ3v) is 8.74. The lowest BCUT2D eigenvalue weighted by Crippen LogP contribution is -2.24. The van der Waals surface area contributed by atoms with Crippen molar-refractivity contribution < 1.29 is 9.47 Å². The van der Waals surface area contributed by atoms with E-state index in [-0.39, 0.29) is 0 Å². The summed E-state index contributed by atoms with van der Waals surface area (Å²) in [5, 5.41) is 0. The van der Waals surface area contributed by atoms with Crippen molar-refractivity contribution in [3.05, 3.63) is 34.9 Å². The van der Waals surface area contributed by atoms with Crippen LogP contribution in [-0.4, -0.2) is 13.2 Å². The molecule has 0 bridgehead atoms. The summed E-state index contributed by atoms with van der Waals surface area (Å²) >= 11 is 0. The Kier molecular flexibility index (Phi) is 6.62. The largest absolute Gasteiger partial charge is 0.493 e.